The predicted molar refractivity (Wildman–Crippen MR) is 152 cm³/mol. The third kappa shape index (κ3) is 7.92. The van der Waals surface area contributed by atoms with Gasteiger partial charge in [0.15, 0.2) is 5.75 Å². The van der Waals surface area contributed by atoms with Crippen LogP contribution in [-0.2, 0) is 9.59 Å². The fraction of sp³-hybridized carbons (Fsp3) is 0.290. The van der Waals surface area contributed by atoms with Gasteiger partial charge in [0, 0.05) is 24.9 Å². The van der Waals surface area contributed by atoms with Gasteiger partial charge in [0.05, 0.1) is 32.6 Å². The minimum Gasteiger partial charge on any atom is -0.497 e. The van der Waals surface area contributed by atoms with Gasteiger partial charge in [-0.25, -0.2) is 4.79 Å². The molecule has 1 aliphatic heterocycles. The van der Waals surface area contributed by atoms with Crippen LogP contribution >= 0.6 is 0 Å². The lowest BCUT2D eigenvalue weighted by Crippen LogP contribution is -2.45. The van der Waals surface area contributed by atoms with Crippen LogP contribution in [0.3, 0.4) is 0 Å². The van der Waals surface area contributed by atoms with Crippen LogP contribution in [0, 0.1) is 0 Å². The first-order chi connectivity index (χ1) is 19.4. The van der Waals surface area contributed by atoms with Crippen molar-refractivity contribution in [1.82, 2.24) is 0 Å². The highest BCUT2D eigenvalue weighted by Gasteiger charge is 2.31. The topological polar surface area (TPSA) is 115 Å². The van der Waals surface area contributed by atoms with Crippen molar-refractivity contribution < 1.29 is 38.7 Å². The van der Waals surface area contributed by atoms with Crippen LogP contribution in [0.2, 0.25) is 0 Å². The number of aliphatic carboxylic acids is 2. The summed E-state index contributed by atoms with van der Waals surface area (Å²) in [5, 5.41) is 18.6. The van der Waals surface area contributed by atoms with Crippen LogP contribution in [0.4, 0.5) is 5.69 Å². The Labute approximate surface area is 233 Å². The molecule has 1 atom stereocenters. The molecule has 3 aromatic carbocycles. The van der Waals surface area contributed by atoms with Gasteiger partial charge in [-0.05, 0) is 54.4 Å². The molecule has 0 fully saturated rings. The fourth-order valence-corrected chi connectivity index (χ4v) is 4.26. The SMILES string of the molecule is COc1ccc(OCCCOc2ccc(C=Cc3cccc4c3OC(C(=O)O)CN4CCCC(=O)O)cc2)cc1. The van der Waals surface area contributed by atoms with Gasteiger partial charge in [-0.15, -0.1) is 0 Å². The molecule has 9 nitrogen and oxygen atoms in total. The van der Waals surface area contributed by atoms with Gasteiger partial charge in [0.2, 0.25) is 6.10 Å². The molecule has 0 saturated heterocycles. The third-order valence-corrected chi connectivity index (χ3v) is 6.33. The van der Waals surface area contributed by atoms with Gasteiger partial charge in [-0.3, -0.25) is 4.79 Å². The summed E-state index contributed by atoms with van der Waals surface area (Å²) < 4.78 is 22.5. The molecule has 1 heterocycles. The maximum atomic E-state index is 11.7. The lowest BCUT2D eigenvalue weighted by atomic mass is 10.1. The van der Waals surface area contributed by atoms with E-state index in [0.717, 1.165) is 40.5 Å². The first-order valence-electron chi connectivity index (χ1n) is 13.1. The minimum absolute atomic E-state index is 0.0151. The summed E-state index contributed by atoms with van der Waals surface area (Å²) in [6, 6.07) is 20.7. The number of carboxylic acid groups (broad SMARTS) is 2. The number of carbonyl (C=O) groups is 2. The predicted octanol–water partition coefficient (Wildman–Crippen LogP) is 5.23. The number of hydrogen-bond acceptors (Lipinski definition) is 7. The molecule has 40 heavy (non-hydrogen) atoms. The molecule has 4 rings (SSSR count). The van der Waals surface area contributed by atoms with Crippen molar-refractivity contribution in [2.75, 3.05) is 38.3 Å². The van der Waals surface area contributed by atoms with E-state index < -0.39 is 18.0 Å². The van der Waals surface area contributed by atoms with Gasteiger partial charge in [-0.1, -0.05) is 36.4 Å². The first kappa shape index (κ1) is 28.4. The number of ether oxygens (including phenoxy) is 4. The first-order valence-corrected chi connectivity index (χ1v) is 13.1. The molecule has 1 unspecified atom stereocenters. The van der Waals surface area contributed by atoms with Crippen molar-refractivity contribution in [2.24, 2.45) is 0 Å². The zero-order chi connectivity index (χ0) is 28.3. The molecule has 0 spiro atoms. The van der Waals surface area contributed by atoms with Gasteiger partial charge in [-0.2, -0.15) is 0 Å². The number of rotatable bonds is 14. The Morgan fingerprint density at radius 3 is 2.17 bits per heavy atom. The molecule has 0 aliphatic carbocycles. The summed E-state index contributed by atoms with van der Waals surface area (Å²) in [6.07, 6.45) is 3.92. The van der Waals surface area contributed by atoms with Crippen molar-refractivity contribution in [1.29, 1.82) is 0 Å². The van der Waals surface area contributed by atoms with Crippen LogP contribution in [0.25, 0.3) is 12.2 Å². The molecule has 0 amide bonds. The van der Waals surface area contributed by atoms with E-state index in [9.17, 15) is 14.7 Å². The van der Waals surface area contributed by atoms with Crippen molar-refractivity contribution >= 4 is 29.8 Å². The summed E-state index contributed by atoms with van der Waals surface area (Å²) in [5.74, 6) is 0.860. The molecule has 0 saturated carbocycles. The van der Waals surface area contributed by atoms with Crippen molar-refractivity contribution in [2.45, 2.75) is 25.4 Å². The maximum absolute atomic E-state index is 11.7. The van der Waals surface area contributed by atoms with E-state index in [1.165, 1.54) is 0 Å². The molecule has 0 aromatic heterocycles. The smallest absolute Gasteiger partial charge is 0.346 e. The Morgan fingerprint density at radius 2 is 1.55 bits per heavy atom. The number of para-hydroxylation sites is 1. The number of benzene rings is 3. The van der Waals surface area contributed by atoms with E-state index in [0.29, 0.717) is 31.9 Å². The second kappa shape index (κ2) is 13.9. The van der Waals surface area contributed by atoms with E-state index in [2.05, 4.69) is 0 Å². The highest BCUT2D eigenvalue weighted by molar-refractivity contribution is 5.81. The molecule has 2 N–H and O–H groups in total. The van der Waals surface area contributed by atoms with E-state index in [1.54, 1.807) is 7.11 Å². The molecular formula is C31H33NO8. The largest absolute Gasteiger partial charge is 0.497 e. The Bertz CT molecular complexity index is 1300. The second-order valence-corrected chi connectivity index (χ2v) is 9.21. The average molecular weight is 548 g/mol. The zero-order valence-electron chi connectivity index (χ0n) is 22.3. The van der Waals surface area contributed by atoms with Crippen molar-refractivity contribution in [3.63, 3.8) is 0 Å². The van der Waals surface area contributed by atoms with E-state index in [1.807, 2.05) is 83.8 Å². The van der Waals surface area contributed by atoms with Crippen molar-refractivity contribution in [3.8, 4) is 23.0 Å². The summed E-state index contributed by atoms with van der Waals surface area (Å²) in [7, 11) is 1.63. The quantitative estimate of drug-likeness (QED) is 0.207. The molecular weight excluding hydrogens is 514 g/mol. The van der Waals surface area contributed by atoms with E-state index in [-0.39, 0.29) is 13.0 Å². The van der Waals surface area contributed by atoms with Crippen LogP contribution in [0.1, 0.15) is 30.4 Å². The second-order valence-electron chi connectivity index (χ2n) is 9.21. The molecule has 3 aromatic rings. The molecule has 210 valence electrons. The highest BCUT2D eigenvalue weighted by Crippen LogP contribution is 2.38. The van der Waals surface area contributed by atoms with Crippen LogP contribution in [0.15, 0.2) is 66.7 Å². The van der Waals surface area contributed by atoms with E-state index >= 15 is 0 Å². The Morgan fingerprint density at radius 1 is 0.900 bits per heavy atom. The Balaban J connectivity index is 1.32. The van der Waals surface area contributed by atoms with Crippen LogP contribution in [0.5, 0.6) is 23.0 Å². The highest BCUT2D eigenvalue weighted by atomic mass is 16.5. The average Bonchev–Trinajstić information content (AvgIpc) is 2.96. The number of hydrogen-bond donors (Lipinski definition) is 2. The lowest BCUT2D eigenvalue weighted by molar-refractivity contribution is -0.145. The maximum Gasteiger partial charge on any atom is 0.346 e. The monoisotopic (exact) mass is 547 g/mol. The molecule has 0 bridgehead atoms. The normalized spacial score (nSPS) is 14.3. The summed E-state index contributed by atoms with van der Waals surface area (Å²) in [4.78, 5) is 24.5. The van der Waals surface area contributed by atoms with Gasteiger partial charge >= 0.3 is 11.9 Å². The molecule has 0 radical (unpaired) electrons. The van der Waals surface area contributed by atoms with Crippen LogP contribution in [-0.4, -0.2) is 61.7 Å². The van der Waals surface area contributed by atoms with E-state index in [4.69, 9.17) is 24.1 Å². The standard InChI is InChI=1S/C31H33NO8/c1-37-24-14-16-26(17-15-24)39-20-4-19-38-25-12-9-22(10-13-25)8-11-23-5-2-6-27-30(23)40-28(31(35)36)21-32(27)18-3-7-29(33)34/h2,5-6,8-17,28H,3-4,7,18-21H2,1H3,(H,33,34)(H,35,36). The minimum atomic E-state index is -1.06. The van der Waals surface area contributed by atoms with Gasteiger partial charge in [0.25, 0.3) is 0 Å². The summed E-state index contributed by atoms with van der Waals surface area (Å²) in [6.45, 7) is 1.64. The molecule has 1 aliphatic rings. The Kier molecular flexibility index (Phi) is 9.88. The number of methoxy groups -OCH3 is 1. The number of carboxylic acids is 2. The van der Waals surface area contributed by atoms with Gasteiger partial charge < -0.3 is 34.1 Å². The van der Waals surface area contributed by atoms with Crippen LogP contribution < -0.4 is 23.8 Å². The van der Waals surface area contributed by atoms with Gasteiger partial charge in [0.1, 0.15) is 17.2 Å². The number of anilines is 1. The third-order valence-electron chi connectivity index (χ3n) is 6.33. The lowest BCUT2D eigenvalue weighted by Gasteiger charge is -2.35. The molecule has 9 heteroatoms. The number of fused-ring (bicyclic) bond motifs is 1. The Hall–Kier alpha value is -4.66. The summed E-state index contributed by atoms with van der Waals surface area (Å²) >= 11 is 0. The fourth-order valence-electron chi connectivity index (χ4n) is 4.26. The van der Waals surface area contributed by atoms with Crippen molar-refractivity contribution in [3.05, 3.63) is 77.9 Å². The summed E-state index contributed by atoms with van der Waals surface area (Å²) in [5.41, 5.74) is 2.44. The number of nitrogens with zero attached hydrogens (tertiary/aromatic N) is 1. The zero-order valence-corrected chi connectivity index (χ0v) is 22.3.